The van der Waals surface area contributed by atoms with Gasteiger partial charge >= 0.3 is 0 Å². The first kappa shape index (κ1) is 33.9. The summed E-state index contributed by atoms with van der Waals surface area (Å²) >= 11 is 36.5. The van der Waals surface area contributed by atoms with Gasteiger partial charge in [0.2, 0.25) is 3.61 Å². The molecule has 0 aromatic heterocycles. The molecule has 0 bridgehead atoms. The second-order valence-corrected chi connectivity index (χ2v) is 48.7. The summed E-state index contributed by atoms with van der Waals surface area (Å²) in [5.41, 5.74) is 0. The highest BCUT2D eigenvalue weighted by Gasteiger charge is 2.75. The summed E-state index contributed by atoms with van der Waals surface area (Å²) in [6.45, 7) is 0. The second-order valence-electron chi connectivity index (χ2n) is 3.89. The van der Waals surface area contributed by atoms with E-state index in [1.165, 1.54) is 0 Å². The van der Waals surface area contributed by atoms with Gasteiger partial charge in [-0.05, 0) is 22.6 Å². The third kappa shape index (κ3) is 7.46. The molecule has 1 unspecified atom stereocenters. The third-order valence-electron chi connectivity index (χ3n) is 2.31. The summed E-state index contributed by atoms with van der Waals surface area (Å²) in [6, 6.07) is 0. The van der Waals surface area contributed by atoms with Crippen molar-refractivity contribution in [3.63, 3.8) is 0 Å². The van der Waals surface area contributed by atoms with E-state index in [-0.39, 0.29) is 3.72 Å². The van der Waals surface area contributed by atoms with E-state index in [0.717, 1.165) is 0 Å². The molecule has 0 aliphatic heterocycles. The van der Waals surface area contributed by atoms with Crippen LogP contribution in [0.3, 0.4) is 0 Å². The standard InChI is InChI=1S/C7I15O/c8-1(9,2(10,11)4(14,15)6(17,18)19)3(12,13)5(16,23)7(20,21)22. The molecule has 1 atom stereocenters. The number of rotatable bonds is 6. The Morgan fingerprint density at radius 2 is 0.609 bits per heavy atom. The van der Waals surface area contributed by atoms with Crippen molar-refractivity contribution in [1.82, 2.24) is 0 Å². The lowest BCUT2D eigenvalue weighted by Crippen LogP contribution is -2.66. The van der Waals surface area contributed by atoms with Crippen molar-refractivity contribution < 1.29 is 5.11 Å². The van der Waals surface area contributed by atoms with Gasteiger partial charge < -0.3 is 0 Å². The molecule has 0 aliphatic carbocycles. The van der Waals surface area contributed by atoms with E-state index >= 15 is 0 Å². The fourth-order valence-corrected chi connectivity index (χ4v) is 20.8. The smallest absolute Gasteiger partial charge is 0.212 e. The van der Waals surface area contributed by atoms with E-state index in [1.807, 2.05) is 0 Å². The summed E-state index contributed by atoms with van der Waals surface area (Å²) in [5, 5.41) is 13.7. The quantitative estimate of drug-likeness (QED) is 0.187. The fourth-order valence-electron chi connectivity index (χ4n) is 0.952. The minimum absolute atomic E-state index is 0.00160. The van der Waals surface area contributed by atoms with Crippen molar-refractivity contribution in [2.75, 3.05) is 0 Å². The second kappa shape index (κ2) is 12.0. The van der Waals surface area contributed by atoms with Crippen LogP contribution in [0, 0.1) is 0 Å². The zero-order chi connectivity index (χ0) is 19.5. The van der Waals surface area contributed by atoms with E-state index in [4.69, 9.17) is 0 Å². The monoisotopic (exact) mass is 2000 g/mol. The molecule has 0 N–H and O–H groups in total. The Kier molecular flexibility index (Phi) is 17.6. The van der Waals surface area contributed by atoms with Crippen LogP contribution < -0.4 is 0 Å². The van der Waals surface area contributed by atoms with Crippen LogP contribution in [0.4, 0.5) is 0 Å². The summed E-state index contributed by atoms with van der Waals surface area (Å²) in [4.78, 5) is 0. The van der Waals surface area contributed by atoms with Crippen molar-refractivity contribution in [3.05, 3.63) is 0 Å². The Balaban J connectivity index is 6.37. The molecule has 0 aromatic carbocycles. The largest absolute Gasteiger partial charge is 0.212 e. The van der Waals surface area contributed by atoms with E-state index < -0.39 is 4.47 Å². The lowest BCUT2D eigenvalue weighted by atomic mass is 10.1. The van der Waals surface area contributed by atoms with Crippen LogP contribution in [-0.2, 0) is 5.11 Å². The van der Waals surface area contributed by atoms with Crippen molar-refractivity contribution in [2.24, 2.45) is 0 Å². The molecule has 16 heteroatoms. The van der Waals surface area contributed by atoms with Crippen molar-refractivity contribution in [1.29, 1.82) is 0 Å². The predicted molar refractivity (Wildman–Crippen MR) is 230 cm³/mol. The molecule has 0 amide bonds. The Bertz CT molecular complexity index is 400. The number of hydrogen-bond acceptors (Lipinski definition) is 0. The normalized spacial score (nSPS) is 18.8. The third-order valence-corrected chi connectivity index (χ3v) is 45.2. The van der Waals surface area contributed by atoms with E-state index in [2.05, 4.69) is 339 Å². The number of hydrogen-bond donors (Lipinski definition) is 0. The Morgan fingerprint density at radius 1 is 0.348 bits per heavy atom. The van der Waals surface area contributed by atoms with Gasteiger partial charge in [-0.2, -0.15) is 0 Å². The van der Waals surface area contributed by atoms with Crippen LogP contribution in [-0.4, -0.2) is 8.19 Å². The van der Waals surface area contributed by atoms with Crippen LogP contribution in [0.15, 0.2) is 0 Å². The molecule has 1 radical (unpaired) electrons. The molecule has 0 heterocycles. The first-order valence-electron chi connectivity index (χ1n) is 4.54. The van der Waals surface area contributed by atoms with Crippen molar-refractivity contribution >= 4 is 339 Å². The van der Waals surface area contributed by atoms with Crippen LogP contribution in [0.2, 0.25) is 0 Å². The maximum absolute atomic E-state index is 13.7. The summed E-state index contributed by atoms with van der Waals surface area (Å²) in [6.07, 6.45) is 0. The minimum atomic E-state index is -1.17. The Morgan fingerprint density at radius 3 is 0.826 bits per heavy atom. The summed E-state index contributed by atoms with van der Waals surface area (Å²) < 4.78 is -2.70. The molecule has 0 spiro atoms. The molecule has 0 fully saturated rings. The van der Waals surface area contributed by atoms with E-state index in [1.54, 1.807) is 0 Å². The lowest BCUT2D eigenvalue weighted by Gasteiger charge is -2.55. The Labute approximate surface area is 341 Å². The molecule has 0 aromatic rings. The van der Waals surface area contributed by atoms with Gasteiger partial charge in [0.1, 0.15) is 5.15 Å². The zero-order valence-corrected chi connectivity index (χ0v) is 41.9. The van der Waals surface area contributed by atoms with Gasteiger partial charge in [-0.1, -0.05) is 316 Å². The molecular weight excluding hydrogens is 2000 g/mol. The van der Waals surface area contributed by atoms with E-state index in [9.17, 15) is 5.11 Å². The molecule has 23 heavy (non-hydrogen) atoms. The highest BCUT2D eigenvalue weighted by atomic mass is 127. The number of halogens is 15. The Hall–Kier alpha value is 10.9. The summed E-state index contributed by atoms with van der Waals surface area (Å²) in [5.74, 6) is 0. The van der Waals surface area contributed by atoms with Gasteiger partial charge in [0, 0.05) is 0 Å². The molecule has 139 valence electrons. The van der Waals surface area contributed by atoms with Gasteiger partial charge in [0.25, 0.3) is 0 Å². The van der Waals surface area contributed by atoms with Gasteiger partial charge in [-0.3, -0.25) is 0 Å². The average molecular weight is 2000 g/mol. The maximum Gasteiger partial charge on any atom is 0.212 e. The first-order valence-corrected chi connectivity index (χ1v) is 20.7. The van der Waals surface area contributed by atoms with Crippen LogP contribution in [0.1, 0.15) is 0 Å². The molecule has 0 saturated heterocycles. The fraction of sp³-hybridized carbons (Fsp3) is 1.00. The first-order chi connectivity index (χ1) is 9.50. The zero-order valence-electron chi connectivity index (χ0n) is 9.58. The van der Waals surface area contributed by atoms with Gasteiger partial charge in [-0.15, -0.1) is 0 Å². The van der Waals surface area contributed by atoms with Crippen LogP contribution in [0.25, 0.3) is 0 Å². The van der Waals surface area contributed by atoms with Crippen molar-refractivity contribution in [2.45, 2.75) is 8.19 Å². The van der Waals surface area contributed by atoms with Gasteiger partial charge in [0.15, 0.2) is -0.565 Å². The highest BCUT2D eigenvalue weighted by Crippen LogP contribution is 2.77. The predicted octanol–water partition coefficient (Wildman–Crippen LogP) is 11.7. The molecule has 1 nitrogen and oxygen atoms in total. The maximum atomic E-state index is 13.7. The lowest BCUT2D eigenvalue weighted by molar-refractivity contribution is 0.0861. The SMILES string of the molecule is [O]C(I)(C(I)(I)I)C(I)(I)C(I)(I)C(I)(I)C(I)(I)C(I)(I)I. The number of alkyl halides is 15. The van der Waals surface area contributed by atoms with Crippen molar-refractivity contribution in [3.8, 4) is 0 Å². The van der Waals surface area contributed by atoms with E-state index in [0.29, 0.717) is 0 Å². The minimum Gasteiger partial charge on any atom is -0.212 e. The van der Waals surface area contributed by atoms with Crippen LogP contribution >= 0.6 is 339 Å². The van der Waals surface area contributed by atoms with Crippen LogP contribution in [0.5, 0.6) is 0 Å². The molecular formula is C7I15O. The molecule has 0 rings (SSSR count). The average Bonchev–Trinajstić information content (AvgIpc) is 2.24. The molecule has 0 saturated carbocycles. The van der Waals surface area contributed by atoms with Gasteiger partial charge in [0.05, 0.1) is 0 Å². The molecule has 0 aliphatic rings. The highest BCUT2D eigenvalue weighted by molar-refractivity contribution is 14.3. The topological polar surface area (TPSA) is 19.9 Å². The summed E-state index contributed by atoms with van der Waals surface area (Å²) in [7, 11) is 0. The van der Waals surface area contributed by atoms with Gasteiger partial charge in [-0.25, -0.2) is 5.11 Å².